The van der Waals surface area contributed by atoms with Crippen molar-refractivity contribution in [1.29, 1.82) is 0 Å². The number of carbonyl (C=O) groups excluding carboxylic acids is 1. The lowest BCUT2D eigenvalue weighted by Gasteiger charge is -2.36. The molecule has 218 valence electrons. The molecule has 2 saturated carbocycles. The standard InChI is InChI=1S/C35H45N3O3/c1-24-20-29(14-18-33(24)41-4)26-10-8-25(9-11-26)23-38(35(40)27-12-16-32(39)17-13-27)31-7-5-6-28(21-31)30-15-19-34(36-22-30)37(2)3/h5-7,14-15,18-22,25-27,32,39H,8-13,16-17,23H2,1-4H3. The number of hydrogen-bond acceptors (Lipinski definition) is 5. The minimum absolute atomic E-state index is 0.0262. The smallest absolute Gasteiger partial charge is 0.230 e. The average Bonchev–Trinajstić information content (AvgIpc) is 3.00. The molecule has 2 aliphatic carbocycles. The number of ether oxygens (including phenoxy) is 1. The summed E-state index contributed by atoms with van der Waals surface area (Å²) in [5, 5.41) is 10.1. The van der Waals surface area contributed by atoms with E-state index in [0.29, 0.717) is 24.7 Å². The molecule has 0 radical (unpaired) electrons. The molecule has 5 rings (SSSR count). The molecule has 1 amide bonds. The Kier molecular flexibility index (Phi) is 9.29. The number of aliphatic hydroxyl groups is 1. The molecule has 1 aromatic heterocycles. The Morgan fingerprint density at radius 2 is 1.68 bits per heavy atom. The number of aryl methyl sites for hydroxylation is 1. The van der Waals surface area contributed by atoms with Crippen molar-refractivity contribution in [3.63, 3.8) is 0 Å². The van der Waals surface area contributed by atoms with Crippen molar-refractivity contribution >= 4 is 17.4 Å². The van der Waals surface area contributed by atoms with Crippen molar-refractivity contribution < 1.29 is 14.6 Å². The van der Waals surface area contributed by atoms with Gasteiger partial charge in [-0.15, -0.1) is 0 Å². The summed E-state index contributed by atoms with van der Waals surface area (Å²) in [5.41, 5.74) is 5.66. The van der Waals surface area contributed by atoms with E-state index in [9.17, 15) is 9.90 Å². The van der Waals surface area contributed by atoms with E-state index in [1.54, 1.807) is 7.11 Å². The number of pyridine rings is 1. The van der Waals surface area contributed by atoms with Crippen LogP contribution in [-0.4, -0.2) is 49.9 Å². The van der Waals surface area contributed by atoms with E-state index in [1.807, 2.05) is 31.3 Å². The molecule has 41 heavy (non-hydrogen) atoms. The summed E-state index contributed by atoms with van der Waals surface area (Å²) in [6, 6.07) is 19.1. The third kappa shape index (κ3) is 6.92. The molecule has 2 fully saturated rings. The zero-order valence-corrected chi connectivity index (χ0v) is 25.1. The first-order valence-electron chi connectivity index (χ1n) is 15.2. The second-order valence-electron chi connectivity index (χ2n) is 12.3. The van der Waals surface area contributed by atoms with Crippen LogP contribution >= 0.6 is 0 Å². The first kappa shape index (κ1) is 29.1. The molecular formula is C35H45N3O3. The fraction of sp³-hybridized carbons (Fsp3) is 0.486. The van der Waals surface area contributed by atoms with Gasteiger partial charge in [-0.25, -0.2) is 4.98 Å². The van der Waals surface area contributed by atoms with Gasteiger partial charge in [0.1, 0.15) is 11.6 Å². The summed E-state index contributed by atoms with van der Waals surface area (Å²) in [7, 11) is 5.70. The van der Waals surface area contributed by atoms with Crippen LogP contribution in [0.3, 0.4) is 0 Å². The van der Waals surface area contributed by atoms with E-state index in [2.05, 4.69) is 65.3 Å². The molecule has 0 unspecified atom stereocenters. The van der Waals surface area contributed by atoms with E-state index in [1.165, 1.54) is 11.1 Å². The predicted molar refractivity (Wildman–Crippen MR) is 167 cm³/mol. The van der Waals surface area contributed by atoms with Gasteiger partial charge in [0.25, 0.3) is 0 Å². The number of amides is 1. The van der Waals surface area contributed by atoms with Crippen molar-refractivity contribution in [2.45, 2.75) is 70.3 Å². The highest BCUT2D eigenvalue weighted by atomic mass is 16.5. The Hall–Kier alpha value is -3.38. The summed E-state index contributed by atoms with van der Waals surface area (Å²) in [6.07, 6.45) is 9.07. The highest BCUT2D eigenvalue weighted by Gasteiger charge is 2.32. The highest BCUT2D eigenvalue weighted by molar-refractivity contribution is 5.95. The number of methoxy groups -OCH3 is 1. The van der Waals surface area contributed by atoms with Crippen LogP contribution in [0.25, 0.3) is 11.1 Å². The Balaban J connectivity index is 1.34. The van der Waals surface area contributed by atoms with Gasteiger partial charge in [-0.05, 0) is 117 Å². The molecule has 1 N–H and O–H groups in total. The SMILES string of the molecule is COc1ccc(C2CCC(CN(C(=O)C3CCC(O)CC3)c3cccc(-c4ccc(N(C)C)nc4)c3)CC2)cc1C. The summed E-state index contributed by atoms with van der Waals surface area (Å²) in [4.78, 5) is 22.7. The molecule has 0 aliphatic heterocycles. The zero-order chi connectivity index (χ0) is 28.9. The van der Waals surface area contributed by atoms with E-state index in [4.69, 9.17) is 4.74 Å². The molecule has 0 spiro atoms. The Bertz CT molecular complexity index is 1310. The van der Waals surface area contributed by atoms with E-state index < -0.39 is 0 Å². The zero-order valence-electron chi connectivity index (χ0n) is 25.1. The van der Waals surface area contributed by atoms with Crippen LogP contribution in [0.2, 0.25) is 0 Å². The molecule has 0 saturated heterocycles. The number of benzene rings is 2. The molecule has 6 nitrogen and oxygen atoms in total. The van der Waals surface area contributed by atoms with Crippen LogP contribution in [0.1, 0.15) is 68.4 Å². The second kappa shape index (κ2) is 13.1. The molecular weight excluding hydrogens is 510 g/mol. The number of hydrogen-bond donors (Lipinski definition) is 1. The van der Waals surface area contributed by atoms with Crippen LogP contribution in [0.5, 0.6) is 5.75 Å². The monoisotopic (exact) mass is 555 g/mol. The van der Waals surface area contributed by atoms with Crippen LogP contribution in [-0.2, 0) is 4.79 Å². The molecule has 6 heteroatoms. The van der Waals surface area contributed by atoms with Gasteiger partial charge in [-0.3, -0.25) is 4.79 Å². The Morgan fingerprint density at radius 3 is 2.32 bits per heavy atom. The number of anilines is 2. The third-order valence-electron chi connectivity index (χ3n) is 9.19. The molecule has 3 aromatic rings. The van der Waals surface area contributed by atoms with Gasteiger partial charge in [0.15, 0.2) is 0 Å². The van der Waals surface area contributed by atoms with E-state index in [0.717, 1.165) is 73.5 Å². The normalized spacial score (nSPS) is 22.7. The number of aliphatic hydroxyl groups excluding tert-OH is 1. The van der Waals surface area contributed by atoms with Gasteiger partial charge in [-0.2, -0.15) is 0 Å². The second-order valence-corrected chi connectivity index (χ2v) is 12.3. The van der Waals surface area contributed by atoms with Crippen molar-refractivity contribution in [2.24, 2.45) is 11.8 Å². The summed E-state index contributed by atoms with van der Waals surface area (Å²) in [6.45, 7) is 2.86. The first-order chi connectivity index (χ1) is 19.8. The Labute approximate surface area is 245 Å². The molecule has 1 heterocycles. The maximum absolute atomic E-state index is 14.0. The van der Waals surface area contributed by atoms with Gasteiger partial charge in [-0.1, -0.05) is 24.3 Å². The molecule has 0 bridgehead atoms. The third-order valence-corrected chi connectivity index (χ3v) is 9.19. The minimum atomic E-state index is -0.273. The summed E-state index contributed by atoms with van der Waals surface area (Å²) < 4.78 is 5.46. The lowest BCUT2D eigenvalue weighted by atomic mass is 9.78. The fourth-order valence-corrected chi connectivity index (χ4v) is 6.63. The van der Waals surface area contributed by atoms with Gasteiger partial charge < -0.3 is 19.6 Å². The lowest BCUT2D eigenvalue weighted by molar-refractivity contribution is -0.124. The highest BCUT2D eigenvalue weighted by Crippen LogP contribution is 2.39. The number of carbonyl (C=O) groups is 1. The Morgan fingerprint density at radius 1 is 0.927 bits per heavy atom. The largest absolute Gasteiger partial charge is 0.496 e. The van der Waals surface area contributed by atoms with Gasteiger partial charge in [0, 0.05) is 44.0 Å². The van der Waals surface area contributed by atoms with E-state index in [-0.39, 0.29) is 17.9 Å². The first-order valence-corrected chi connectivity index (χ1v) is 15.2. The molecule has 2 aliphatic rings. The van der Waals surface area contributed by atoms with E-state index >= 15 is 0 Å². The molecule has 0 atom stereocenters. The average molecular weight is 556 g/mol. The van der Waals surface area contributed by atoms with Crippen molar-refractivity contribution in [2.75, 3.05) is 37.5 Å². The van der Waals surface area contributed by atoms with Crippen molar-refractivity contribution in [3.8, 4) is 16.9 Å². The van der Waals surface area contributed by atoms with Crippen LogP contribution in [0.4, 0.5) is 11.5 Å². The quantitative estimate of drug-likeness (QED) is 0.325. The predicted octanol–water partition coefficient (Wildman–Crippen LogP) is 6.99. The van der Waals surface area contributed by atoms with Gasteiger partial charge in [0.2, 0.25) is 5.91 Å². The summed E-state index contributed by atoms with van der Waals surface area (Å²) in [5.74, 6) is 3.07. The lowest BCUT2D eigenvalue weighted by Crippen LogP contribution is -2.41. The summed E-state index contributed by atoms with van der Waals surface area (Å²) >= 11 is 0. The van der Waals surface area contributed by atoms with Crippen LogP contribution < -0.4 is 14.5 Å². The van der Waals surface area contributed by atoms with Gasteiger partial charge in [0.05, 0.1) is 13.2 Å². The van der Waals surface area contributed by atoms with Gasteiger partial charge >= 0.3 is 0 Å². The van der Waals surface area contributed by atoms with Crippen LogP contribution in [0, 0.1) is 18.8 Å². The van der Waals surface area contributed by atoms with Crippen molar-refractivity contribution in [3.05, 3.63) is 71.9 Å². The molecule has 2 aromatic carbocycles. The topological polar surface area (TPSA) is 65.9 Å². The number of aromatic nitrogens is 1. The van der Waals surface area contributed by atoms with Crippen LogP contribution in [0.15, 0.2) is 60.8 Å². The number of nitrogens with zero attached hydrogens (tertiary/aromatic N) is 3. The maximum Gasteiger partial charge on any atom is 0.230 e. The fourth-order valence-electron chi connectivity index (χ4n) is 6.63. The maximum atomic E-state index is 14.0. The van der Waals surface area contributed by atoms with Crippen molar-refractivity contribution in [1.82, 2.24) is 4.98 Å². The number of rotatable bonds is 8. The minimum Gasteiger partial charge on any atom is -0.496 e.